The van der Waals surface area contributed by atoms with E-state index in [2.05, 4.69) is 14.8 Å². The van der Waals surface area contributed by atoms with E-state index in [4.69, 9.17) is 9.90 Å². The molecule has 0 unspecified atom stereocenters. The first-order chi connectivity index (χ1) is 18.1. The number of nitrogens with one attached hydrogen (secondary N) is 1. The van der Waals surface area contributed by atoms with Crippen molar-refractivity contribution in [2.24, 2.45) is 0 Å². The van der Waals surface area contributed by atoms with Crippen LogP contribution in [0.4, 0.5) is 24.7 Å². The standard InChI is InChI=1S/C22H27N5O4S.C2HF3O2/c1-5-27-16(3)19(15(2)24-27)11-12-26(4)21-20(13-17(14-23-21)22(28)29)25-32(30,31)18-9-7-6-8-10-18;3-2(4,5)1(6)7/h6-10,13-14,25H,5,11-12H2,1-4H3,(H,28,29);(H,6,7). The normalized spacial score (nSPS) is 11.4. The van der Waals surface area contributed by atoms with Gasteiger partial charge in [0.25, 0.3) is 10.0 Å². The summed E-state index contributed by atoms with van der Waals surface area (Å²) in [6.07, 6.45) is -3.18. The molecule has 0 aliphatic carbocycles. The molecule has 0 amide bonds. The van der Waals surface area contributed by atoms with Crippen LogP contribution in [0.3, 0.4) is 0 Å². The van der Waals surface area contributed by atoms with Crippen LogP contribution in [0.2, 0.25) is 0 Å². The fourth-order valence-electron chi connectivity index (χ4n) is 3.55. The average Bonchev–Trinajstić information content (AvgIpc) is 3.14. The number of carbonyl (C=O) groups is 2. The number of halogens is 3. The van der Waals surface area contributed by atoms with E-state index in [-0.39, 0.29) is 16.1 Å². The Morgan fingerprint density at radius 3 is 2.21 bits per heavy atom. The van der Waals surface area contributed by atoms with E-state index in [0.717, 1.165) is 23.5 Å². The fourth-order valence-corrected chi connectivity index (χ4v) is 4.62. The fraction of sp³-hybridized carbons (Fsp3) is 0.333. The van der Waals surface area contributed by atoms with Gasteiger partial charge in [-0.1, -0.05) is 18.2 Å². The van der Waals surface area contributed by atoms with Gasteiger partial charge >= 0.3 is 18.1 Å². The van der Waals surface area contributed by atoms with Gasteiger partial charge in [-0.25, -0.2) is 23.0 Å². The van der Waals surface area contributed by atoms with Gasteiger partial charge in [0.05, 0.1) is 21.8 Å². The van der Waals surface area contributed by atoms with Crippen molar-refractivity contribution in [3.8, 4) is 0 Å². The molecule has 0 fully saturated rings. The maximum absolute atomic E-state index is 12.8. The van der Waals surface area contributed by atoms with Crippen LogP contribution < -0.4 is 9.62 Å². The maximum Gasteiger partial charge on any atom is 0.490 e. The molecule has 0 spiro atoms. The molecule has 0 bridgehead atoms. The number of carboxylic acids is 2. The van der Waals surface area contributed by atoms with E-state index in [1.54, 1.807) is 30.1 Å². The molecule has 0 radical (unpaired) electrons. The Kier molecular flexibility index (Phi) is 10.0. The van der Waals surface area contributed by atoms with Crippen molar-refractivity contribution in [3.05, 3.63) is 65.1 Å². The van der Waals surface area contributed by atoms with Gasteiger partial charge in [-0.05, 0) is 51.0 Å². The van der Waals surface area contributed by atoms with E-state index >= 15 is 0 Å². The summed E-state index contributed by atoms with van der Waals surface area (Å²) in [5.74, 6) is -3.61. The van der Waals surface area contributed by atoms with Crippen molar-refractivity contribution >= 4 is 33.5 Å². The number of aromatic carboxylic acids is 1. The molecule has 2 aromatic heterocycles. The van der Waals surface area contributed by atoms with E-state index in [0.29, 0.717) is 18.8 Å². The van der Waals surface area contributed by atoms with Gasteiger partial charge in [0.1, 0.15) is 0 Å². The molecule has 0 saturated carbocycles. The van der Waals surface area contributed by atoms with Crippen LogP contribution in [0.5, 0.6) is 0 Å². The number of sulfonamides is 1. The van der Waals surface area contributed by atoms with Crippen molar-refractivity contribution in [3.63, 3.8) is 0 Å². The molecule has 212 valence electrons. The first-order valence-electron chi connectivity index (χ1n) is 11.4. The first kappa shape index (κ1) is 31.1. The van der Waals surface area contributed by atoms with Crippen LogP contribution in [0.15, 0.2) is 47.5 Å². The summed E-state index contributed by atoms with van der Waals surface area (Å²) >= 11 is 0. The van der Waals surface area contributed by atoms with Gasteiger partial charge in [0, 0.05) is 32.0 Å². The van der Waals surface area contributed by atoms with Gasteiger partial charge in [0.2, 0.25) is 0 Å². The number of aryl methyl sites for hydroxylation is 2. The summed E-state index contributed by atoms with van der Waals surface area (Å²) in [6.45, 7) is 7.35. The van der Waals surface area contributed by atoms with Crippen molar-refractivity contribution in [2.45, 2.75) is 44.8 Å². The number of aliphatic carboxylic acids is 1. The molecule has 0 aliphatic rings. The number of likely N-dealkylation sites (N-methyl/N-ethyl adjacent to an activating group) is 1. The summed E-state index contributed by atoms with van der Waals surface area (Å²) < 4.78 is 61.9. The second-order valence-corrected chi connectivity index (χ2v) is 9.94. The van der Waals surface area contributed by atoms with E-state index in [1.807, 2.05) is 25.5 Å². The van der Waals surface area contributed by atoms with Crippen LogP contribution in [0.25, 0.3) is 0 Å². The predicted octanol–water partition coefficient (Wildman–Crippen LogP) is 3.73. The summed E-state index contributed by atoms with van der Waals surface area (Å²) in [5.41, 5.74) is 3.18. The summed E-state index contributed by atoms with van der Waals surface area (Å²) in [4.78, 5) is 26.5. The zero-order valence-corrected chi connectivity index (χ0v) is 22.3. The number of aromatic nitrogens is 3. The minimum Gasteiger partial charge on any atom is -0.478 e. The highest BCUT2D eigenvalue weighted by Gasteiger charge is 2.38. The van der Waals surface area contributed by atoms with E-state index in [1.165, 1.54) is 24.4 Å². The zero-order valence-electron chi connectivity index (χ0n) is 21.5. The Labute approximate surface area is 223 Å². The SMILES string of the molecule is CCn1nc(C)c(CCN(C)c2ncc(C(=O)O)cc2NS(=O)(=O)c2ccccc2)c1C.O=C(O)C(F)(F)F. The third-order valence-corrected chi connectivity index (χ3v) is 6.93. The molecule has 39 heavy (non-hydrogen) atoms. The number of hydrogen-bond acceptors (Lipinski definition) is 7. The third kappa shape index (κ3) is 8.17. The van der Waals surface area contributed by atoms with Crippen molar-refractivity contribution in [1.29, 1.82) is 0 Å². The molecule has 2 heterocycles. The van der Waals surface area contributed by atoms with Gasteiger partial charge in [-0.2, -0.15) is 18.3 Å². The second-order valence-electron chi connectivity index (χ2n) is 8.26. The molecule has 1 aromatic carbocycles. The lowest BCUT2D eigenvalue weighted by atomic mass is 10.1. The molecule has 0 atom stereocenters. The van der Waals surface area contributed by atoms with Crippen LogP contribution in [0.1, 0.15) is 34.2 Å². The van der Waals surface area contributed by atoms with Gasteiger partial charge in [-0.15, -0.1) is 0 Å². The predicted molar refractivity (Wildman–Crippen MR) is 136 cm³/mol. The van der Waals surface area contributed by atoms with Crippen LogP contribution in [-0.4, -0.2) is 65.1 Å². The summed E-state index contributed by atoms with van der Waals surface area (Å²) in [5, 5.41) is 21.0. The number of benzene rings is 1. The Balaban J connectivity index is 0.000000673. The molecule has 3 rings (SSSR count). The number of rotatable bonds is 9. The first-order valence-corrected chi connectivity index (χ1v) is 12.9. The van der Waals surface area contributed by atoms with Crippen LogP contribution in [0, 0.1) is 13.8 Å². The third-order valence-electron chi connectivity index (χ3n) is 5.54. The highest BCUT2D eigenvalue weighted by Crippen LogP contribution is 2.27. The topological polar surface area (TPSA) is 155 Å². The quantitative estimate of drug-likeness (QED) is 0.348. The monoisotopic (exact) mass is 571 g/mol. The molecule has 3 N–H and O–H groups in total. The smallest absolute Gasteiger partial charge is 0.478 e. The molecule has 0 saturated heterocycles. The van der Waals surface area contributed by atoms with E-state index in [9.17, 15) is 31.5 Å². The van der Waals surface area contributed by atoms with Crippen molar-refractivity contribution in [1.82, 2.24) is 14.8 Å². The summed E-state index contributed by atoms with van der Waals surface area (Å²) in [7, 11) is -2.13. The lowest BCUT2D eigenvalue weighted by molar-refractivity contribution is -0.192. The molecule has 11 nitrogen and oxygen atoms in total. The highest BCUT2D eigenvalue weighted by atomic mass is 32.2. The average molecular weight is 572 g/mol. The Morgan fingerprint density at radius 2 is 1.72 bits per heavy atom. The minimum absolute atomic E-state index is 0.0764. The van der Waals surface area contributed by atoms with Crippen molar-refractivity contribution in [2.75, 3.05) is 23.2 Å². The van der Waals surface area contributed by atoms with Crippen molar-refractivity contribution < 1.29 is 41.4 Å². The Bertz CT molecular complexity index is 1430. The largest absolute Gasteiger partial charge is 0.490 e. The van der Waals surface area contributed by atoms with Crippen LogP contribution >= 0.6 is 0 Å². The van der Waals surface area contributed by atoms with Gasteiger partial charge in [0.15, 0.2) is 5.82 Å². The molecule has 15 heteroatoms. The number of alkyl halides is 3. The molecule has 3 aromatic rings. The Morgan fingerprint density at radius 1 is 1.13 bits per heavy atom. The van der Waals surface area contributed by atoms with Gasteiger partial charge in [-0.3, -0.25) is 9.40 Å². The lowest BCUT2D eigenvalue weighted by Gasteiger charge is -2.22. The number of pyridine rings is 1. The van der Waals surface area contributed by atoms with Gasteiger partial charge < -0.3 is 15.1 Å². The highest BCUT2D eigenvalue weighted by molar-refractivity contribution is 7.92. The molecular formula is C24H28F3N5O6S. The number of anilines is 2. The summed E-state index contributed by atoms with van der Waals surface area (Å²) in [6, 6.07) is 9.18. The number of carboxylic acid groups (broad SMARTS) is 2. The van der Waals surface area contributed by atoms with Crippen LogP contribution in [-0.2, 0) is 27.8 Å². The molecule has 0 aliphatic heterocycles. The number of nitrogens with zero attached hydrogens (tertiary/aromatic N) is 4. The minimum atomic E-state index is -5.08. The maximum atomic E-state index is 12.8. The second kappa shape index (κ2) is 12.6. The molecular weight excluding hydrogens is 543 g/mol. The zero-order chi connectivity index (χ0) is 29.5. The lowest BCUT2D eigenvalue weighted by Crippen LogP contribution is -2.25. The Hall–Kier alpha value is -4.14. The number of hydrogen-bond donors (Lipinski definition) is 3. The van der Waals surface area contributed by atoms with E-state index < -0.39 is 28.1 Å².